The molecule has 5 rings (SSSR count). The molecule has 238 valence electrons. The lowest BCUT2D eigenvalue weighted by Crippen LogP contribution is -2.55. The van der Waals surface area contributed by atoms with E-state index in [9.17, 15) is 19.2 Å². The van der Waals surface area contributed by atoms with Crippen molar-refractivity contribution in [1.29, 1.82) is 5.26 Å². The number of nitrogens with zero attached hydrogens (tertiary/aromatic N) is 3. The van der Waals surface area contributed by atoms with Gasteiger partial charge in [-0.05, 0) is 99.2 Å². The van der Waals surface area contributed by atoms with Crippen LogP contribution in [0.1, 0.15) is 40.7 Å². The van der Waals surface area contributed by atoms with Gasteiger partial charge in [-0.1, -0.05) is 18.2 Å². The van der Waals surface area contributed by atoms with Crippen molar-refractivity contribution in [1.82, 2.24) is 15.1 Å². The molecule has 11 nitrogen and oxygen atoms in total. The van der Waals surface area contributed by atoms with Gasteiger partial charge in [-0.25, -0.2) is 4.79 Å². The molecule has 2 heterocycles. The highest BCUT2D eigenvalue weighted by atomic mass is 79.9. The van der Waals surface area contributed by atoms with Crippen molar-refractivity contribution in [3.63, 3.8) is 0 Å². The number of hydrogen-bond acceptors (Lipinski definition) is 7. The topological polar surface area (TPSA) is 158 Å². The zero-order valence-corrected chi connectivity index (χ0v) is 28.0. The van der Waals surface area contributed by atoms with Gasteiger partial charge in [-0.15, -0.1) is 0 Å². The van der Waals surface area contributed by atoms with Crippen molar-refractivity contribution in [2.75, 3.05) is 37.3 Å². The summed E-state index contributed by atoms with van der Waals surface area (Å²) in [6, 6.07) is 17.8. The molecule has 2 aliphatic heterocycles. The molecule has 2 aliphatic rings. The third kappa shape index (κ3) is 7.86. The molecular formula is C33H32Br2N6O5. The molecule has 0 spiro atoms. The summed E-state index contributed by atoms with van der Waals surface area (Å²) in [4.78, 5) is 56.7. The number of amides is 4. The van der Waals surface area contributed by atoms with Gasteiger partial charge in [0.05, 0.1) is 17.3 Å². The van der Waals surface area contributed by atoms with Gasteiger partial charge in [0.1, 0.15) is 11.8 Å². The Hall–Kier alpha value is -4.41. The Morgan fingerprint density at radius 2 is 1.72 bits per heavy atom. The first kappa shape index (κ1) is 33.0. The predicted octanol–water partition coefficient (Wildman–Crippen LogP) is 4.88. The van der Waals surface area contributed by atoms with E-state index in [1.165, 1.54) is 0 Å². The maximum absolute atomic E-state index is 13.8. The number of carbonyl (C=O) groups excluding carboxylic acids is 4. The maximum atomic E-state index is 13.8. The number of nitrogen functional groups attached to an aromatic ring is 1. The highest BCUT2D eigenvalue weighted by Gasteiger charge is 2.35. The van der Waals surface area contributed by atoms with Crippen LogP contribution in [0.3, 0.4) is 0 Å². The minimum absolute atomic E-state index is 0.0571. The smallest absolute Gasteiger partial charge is 0.322 e. The summed E-state index contributed by atoms with van der Waals surface area (Å²) < 4.78 is 6.60. The lowest BCUT2D eigenvalue weighted by atomic mass is 9.99. The van der Waals surface area contributed by atoms with E-state index in [4.69, 9.17) is 15.7 Å². The molecule has 1 atom stereocenters. The molecular weight excluding hydrogens is 720 g/mol. The minimum atomic E-state index is -1.15. The second-order valence-electron chi connectivity index (χ2n) is 11.1. The number of anilines is 2. The summed E-state index contributed by atoms with van der Waals surface area (Å²) in [6.07, 6.45) is 1.57. The number of hydrogen-bond donors (Lipinski definition) is 3. The lowest BCUT2D eigenvalue weighted by Gasteiger charge is -2.39. The number of likely N-dealkylation sites (tertiary alicyclic amines) is 1. The van der Waals surface area contributed by atoms with Crippen molar-refractivity contribution in [3.05, 3.63) is 86.3 Å². The van der Waals surface area contributed by atoms with E-state index in [-0.39, 0.29) is 30.2 Å². The zero-order chi connectivity index (χ0) is 32.8. The van der Waals surface area contributed by atoms with Crippen LogP contribution >= 0.6 is 31.9 Å². The fourth-order valence-electron chi connectivity index (χ4n) is 5.62. The van der Waals surface area contributed by atoms with E-state index in [2.05, 4.69) is 42.5 Å². The molecule has 0 radical (unpaired) electrons. The Bertz CT molecular complexity index is 1660. The Balaban J connectivity index is 1.25. The average molecular weight is 752 g/mol. The predicted molar refractivity (Wildman–Crippen MR) is 179 cm³/mol. The fourth-order valence-corrected chi connectivity index (χ4v) is 6.80. The van der Waals surface area contributed by atoms with Gasteiger partial charge in [0.15, 0.2) is 12.4 Å². The number of nitriles is 1. The number of Topliss-reactive ketones (excluding diaryl/α,β-unsaturated/α-hetero) is 1. The molecule has 0 aromatic heterocycles. The number of urea groups is 1. The molecule has 3 aromatic rings. The molecule has 1 saturated heterocycles. The Morgan fingerprint density at radius 1 is 1.04 bits per heavy atom. The Kier molecular flexibility index (Phi) is 10.6. The molecule has 0 aliphatic carbocycles. The van der Waals surface area contributed by atoms with Crippen LogP contribution in [0.15, 0.2) is 69.6 Å². The van der Waals surface area contributed by atoms with E-state index in [1.54, 1.807) is 41.3 Å². The standard InChI is InChI=1S/C33H32Br2N6O5/c34-25-15-22(16-26(35)31(25)37)29(42)17-28(38-30(43)19-46-24-7-5-20(18-36)6-8-24)32(44)40-12-10-23(11-13-40)41-14-9-21-3-1-2-4-27(21)39-33(41)45/h1-8,15-16,23,28H,9-14,17,19,37H2,(H,38,43)(H,39,45). The van der Waals surface area contributed by atoms with Crippen LogP contribution in [0.4, 0.5) is 16.2 Å². The van der Waals surface area contributed by atoms with E-state index in [0.29, 0.717) is 64.0 Å². The van der Waals surface area contributed by atoms with Crippen LogP contribution < -0.4 is 21.1 Å². The molecule has 13 heteroatoms. The molecule has 0 bridgehead atoms. The van der Waals surface area contributed by atoms with Crippen molar-refractivity contribution < 1.29 is 23.9 Å². The second kappa shape index (κ2) is 14.8. The van der Waals surface area contributed by atoms with Gasteiger partial charge in [0.25, 0.3) is 5.91 Å². The number of halogens is 2. The van der Waals surface area contributed by atoms with E-state index in [0.717, 1.165) is 17.7 Å². The highest BCUT2D eigenvalue weighted by molar-refractivity contribution is 9.11. The summed E-state index contributed by atoms with van der Waals surface area (Å²) >= 11 is 6.70. The molecule has 4 N–H and O–H groups in total. The van der Waals surface area contributed by atoms with Crippen LogP contribution in [0.25, 0.3) is 0 Å². The zero-order valence-electron chi connectivity index (χ0n) is 24.8. The lowest BCUT2D eigenvalue weighted by molar-refractivity contribution is -0.138. The first-order chi connectivity index (χ1) is 22.1. The number of rotatable bonds is 9. The van der Waals surface area contributed by atoms with Crippen molar-refractivity contribution in [3.8, 4) is 11.8 Å². The summed E-state index contributed by atoms with van der Waals surface area (Å²) in [5, 5.41) is 14.7. The quantitative estimate of drug-likeness (QED) is 0.208. The van der Waals surface area contributed by atoms with Gasteiger partial charge in [0, 0.05) is 52.3 Å². The Morgan fingerprint density at radius 3 is 2.39 bits per heavy atom. The molecule has 4 amide bonds. The summed E-state index contributed by atoms with van der Waals surface area (Å²) in [5.74, 6) is -0.943. The SMILES string of the molecule is N#Cc1ccc(OCC(=O)NC(CC(=O)c2cc(Br)c(N)c(Br)c2)C(=O)N2CCC(N3CCc4ccccc4NC3=O)CC2)cc1. The number of carbonyl (C=O) groups is 4. The van der Waals surface area contributed by atoms with E-state index in [1.807, 2.05) is 35.2 Å². The average Bonchev–Trinajstić information content (AvgIpc) is 3.23. The number of nitrogens with one attached hydrogen (secondary N) is 2. The number of piperidine rings is 1. The van der Waals surface area contributed by atoms with Crippen LogP contribution in [0, 0.1) is 11.3 Å². The monoisotopic (exact) mass is 750 g/mol. The maximum Gasteiger partial charge on any atom is 0.322 e. The molecule has 1 unspecified atom stereocenters. The van der Waals surface area contributed by atoms with Crippen molar-refractivity contribution in [2.45, 2.75) is 37.8 Å². The van der Waals surface area contributed by atoms with Gasteiger partial charge < -0.3 is 30.9 Å². The number of nitrogens with two attached hydrogens (primary N) is 1. The number of para-hydroxylation sites is 1. The van der Waals surface area contributed by atoms with Gasteiger partial charge in [-0.2, -0.15) is 5.26 Å². The Labute approximate surface area is 283 Å². The largest absolute Gasteiger partial charge is 0.484 e. The van der Waals surface area contributed by atoms with Crippen LogP contribution in [-0.2, 0) is 16.0 Å². The first-order valence-corrected chi connectivity index (χ1v) is 16.4. The normalized spacial score (nSPS) is 15.5. The third-order valence-electron chi connectivity index (χ3n) is 8.14. The number of ether oxygens (including phenoxy) is 1. The molecule has 0 saturated carbocycles. The van der Waals surface area contributed by atoms with E-state index >= 15 is 0 Å². The summed E-state index contributed by atoms with van der Waals surface area (Å²) in [6.45, 7) is 0.904. The molecule has 46 heavy (non-hydrogen) atoms. The van der Waals surface area contributed by atoms with Crippen LogP contribution in [-0.4, -0.2) is 71.8 Å². The fraction of sp³-hybridized carbons (Fsp3) is 0.303. The molecule has 1 fully saturated rings. The third-order valence-corrected chi connectivity index (χ3v) is 9.45. The number of fused-ring (bicyclic) bond motifs is 1. The van der Waals surface area contributed by atoms with Gasteiger partial charge >= 0.3 is 6.03 Å². The summed E-state index contributed by atoms with van der Waals surface area (Å²) in [5.41, 5.74) is 9.08. The van der Waals surface area contributed by atoms with Crippen molar-refractivity contribution in [2.24, 2.45) is 0 Å². The second-order valence-corrected chi connectivity index (χ2v) is 12.8. The van der Waals surface area contributed by atoms with E-state index < -0.39 is 18.6 Å². The summed E-state index contributed by atoms with van der Waals surface area (Å²) in [7, 11) is 0. The minimum Gasteiger partial charge on any atom is -0.484 e. The van der Waals surface area contributed by atoms with Crippen LogP contribution in [0.5, 0.6) is 5.75 Å². The van der Waals surface area contributed by atoms with Gasteiger partial charge in [-0.3, -0.25) is 14.4 Å². The van der Waals surface area contributed by atoms with Crippen molar-refractivity contribution >= 4 is 66.9 Å². The van der Waals surface area contributed by atoms with Gasteiger partial charge in [0.2, 0.25) is 5.91 Å². The highest BCUT2D eigenvalue weighted by Crippen LogP contribution is 2.30. The number of benzene rings is 3. The first-order valence-electron chi connectivity index (χ1n) is 14.8. The number of ketones is 1. The molecule has 3 aromatic carbocycles. The van der Waals surface area contributed by atoms with Crippen LogP contribution in [0.2, 0.25) is 0 Å².